The Bertz CT molecular complexity index is 375. The lowest BCUT2D eigenvalue weighted by atomic mass is 10.0. The van der Waals surface area contributed by atoms with Gasteiger partial charge in [0.15, 0.2) is 0 Å². The maximum Gasteiger partial charge on any atom is 0.126 e. The lowest BCUT2D eigenvalue weighted by molar-refractivity contribution is 0.127. The predicted octanol–water partition coefficient (Wildman–Crippen LogP) is 2.17. The molecule has 2 atom stereocenters. The second-order valence-electron chi connectivity index (χ2n) is 4.80. The quantitative estimate of drug-likeness (QED) is 0.876. The smallest absolute Gasteiger partial charge is 0.126 e. The lowest BCUT2D eigenvalue weighted by Gasteiger charge is -2.17. The van der Waals surface area contributed by atoms with Gasteiger partial charge in [-0.2, -0.15) is 0 Å². The van der Waals surface area contributed by atoms with Crippen LogP contribution in [-0.2, 0) is 6.54 Å². The van der Waals surface area contributed by atoms with Gasteiger partial charge in [-0.25, -0.2) is 8.78 Å². The first-order chi connectivity index (χ1) is 8.04. The Morgan fingerprint density at radius 1 is 1.35 bits per heavy atom. The van der Waals surface area contributed by atoms with Gasteiger partial charge in [0.2, 0.25) is 0 Å². The highest BCUT2D eigenvalue weighted by Crippen LogP contribution is 2.21. The number of aliphatic hydroxyl groups excluding tert-OH is 1. The van der Waals surface area contributed by atoms with Crippen LogP contribution in [0.2, 0.25) is 0 Å². The first-order valence-electron chi connectivity index (χ1n) is 5.90. The summed E-state index contributed by atoms with van der Waals surface area (Å²) in [6.45, 7) is 3.98. The fraction of sp³-hybridized carbons (Fsp3) is 0.538. The van der Waals surface area contributed by atoms with Gasteiger partial charge in [0.1, 0.15) is 11.6 Å². The van der Waals surface area contributed by atoms with Crippen molar-refractivity contribution in [2.75, 3.05) is 13.1 Å². The average molecular weight is 241 g/mol. The summed E-state index contributed by atoms with van der Waals surface area (Å²) < 4.78 is 26.0. The van der Waals surface area contributed by atoms with E-state index in [-0.39, 0.29) is 12.0 Å². The molecule has 1 saturated heterocycles. The van der Waals surface area contributed by atoms with Crippen molar-refractivity contribution in [2.24, 2.45) is 5.92 Å². The number of hydrogen-bond acceptors (Lipinski definition) is 2. The molecule has 2 unspecified atom stereocenters. The zero-order chi connectivity index (χ0) is 12.4. The van der Waals surface area contributed by atoms with Crippen LogP contribution in [-0.4, -0.2) is 29.2 Å². The Labute approximate surface area is 99.9 Å². The van der Waals surface area contributed by atoms with E-state index in [9.17, 15) is 13.9 Å². The van der Waals surface area contributed by atoms with E-state index >= 15 is 0 Å². The Morgan fingerprint density at radius 3 is 2.53 bits per heavy atom. The van der Waals surface area contributed by atoms with Crippen LogP contribution in [0.15, 0.2) is 18.2 Å². The van der Waals surface area contributed by atoms with Crippen molar-refractivity contribution < 1.29 is 13.9 Å². The molecule has 1 aliphatic heterocycles. The van der Waals surface area contributed by atoms with E-state index < -0.39 is 11.6 Å². The van der Waals surface area contributed by atoms with Gasteiger partial charge in [-0.05, 0) is 43.5 Å². The van der Waals surface area contributed by atoms with Gasteiger partial charge in [-0.15, -0.1) is 0 Å². The molecule has 1 N–H and O–H groups in total. The minimum Gasteiger partial charge on any atom is -0.393 e. The van der Waals surface area contributed by atoms with E-state index in [0.717, 1.165) is 25.6 Å². The van der Waals surface area contributed by atoms with Crippen LogP contribution < -0.4 is 0 Å². The number of aliphatic hydroxyl groups is 1. The summed E-state index contributed by atoms with van der Waals surface area (Å²) in [5.41, 5.74) is 0.647. The van der Waals surface area contributed by atoms with Crippen molar-refractivity contribution in [3.8, 4) is 0 Å². The molecule has 0 aromatic heterocycles. The summed E-state index contributed by atoms with van der Waals surface area (Å²) in [5.74, 6) is -0.800. The van der Waals surface area contributed by atoms with Crippen LogP contribution in [0, 0.1) is 17.6 Å². The molecule has 1 aliphatic rings. The normalized spacial score (nSPS) is 22.9. The van der Waals surface area contributed by atoms with Gasteiger partial charge in [0.25, 0.3) is 0 Å². The molecule has 0 spiro atoms. The first kappa shape index (κ1) is 12.5. The second kappa shape index (κ2) is 5.10. The number of halogens is 2. The summed E-state index contributed by atoms with van der Waals surface area (Å²) in [5, 5.41) is 9.48. The Kier molecular flexibility index (Phi) is 3.74. The fourth-order valence-electron chi connectivity index (χ4n) is 2.36. The Balaban J connectivity index is 1.98. The number of benzene rings is 1. The Hall–Kier alpha value is -1.00. The molecule has 0 amide bonds. The van der Waals surface area contributed by atoms with Crippen molar-refractivity contribution in [3.63, 3.8) is 0 Å². The van der Waals surface area contributed by atoms with Gasteiger partial charge in [0, 0.05) is 19.2 Å². The zero-order valence-corrected chi connectivity index (χ0v) is 9.87. The number of likely N-dealkylation sites (tertiary alicyclic amines) is 1. The highest BCUT2D eigenvalue weighted by atomic mass is 19.1. The number of hydrogen-bond donors (Lipinski definition) is 1. The summed E-state index contributed by atoms with van der Waals surface area (Å²) in [7, 11) is 0. The van der Waals surface area contributed by atoms with E-state index in [1.807, 2.05) is 0 Å². The average Bonchev–Trinajstić information content (AvgIpc) is 2.64. The van der Waals surface area contributed by atoms with E-state index in [1.165, 1.54) is 12.1 Å². The van der Waals surface area contributed by atoms with Gasteiger partial charge in [-0.3, -0.25) is 4.90 Å². The largest absolute Gasteiger partial charge is 0.393 e. The molecular weight excluding hydrogens is 224 g/mol. The molecule has 0 saturated carbocycles. The fourth-order valence-corrected chi connectivity index (χ4v) is 2.36. The summed E-state index contributed by atoms with van der Waals surface area (Å²) >= 11 is 0. The third-order valence-electron chi connectivity index (χ3n) is 3.32. The van der Waals surface area contributed by atoms with E-state index in [4.69, 9.17) is 0 Å². The molecular formula is C13H17F2NO. The van der Waals surface area contributed by atoms with E-state index in [2.05, 4.69) is 4.90 Å². The van der Waals surface area contributed by atoms with Crippen LogP contribution in [0.4, 0.5) is 8.78 Å². The molecule has 4 heteroatoms. The molecule has 94 valence electrons. The molecule has 2 rings (SSSR count). The third-order valence-corrected chi connectivity index (χ3v) is 3.32. The highest BCUT2D eigenvalue weighted by Gasteiger charge is 2.25. The van der Waals surface area contributed by atoms with E-state index in [1.54, 1.807) is 6.92 Å². The maximum absolute atomic E-state index is 13.0. The SMILES string of the molecule is CC(O)C1CCN(Cc2cc(F)cc(F)c2)C1. The van der Waals surface area contributed by atoms with Crippen molar-refractivity contribution >= 4 is 0 Å². The summed E-state index contributed by atoms with van der Waals surface area (Å²) in [6, 6.07) is 3.60. The van der Waals surface area contributed by atoms with Crippen molar-refractivity contribution in [1.29, 1.82) is 0 Å². The minimum absolute atomic E-state index is 0.272. The van der Waals surface area contributed by atoms with Crippen LogP contribution >= 0.6 is 0 Å². The molecule has 0 bridgehead atoms. The second-order valence-corrected chi connectivity index (χ2v) is 4.80. The summed E-state index contributed by atoms with van der Waals surface area (Å²) in [4.78, 5) is 2.12. The minimum atomic E-state index is -0.536. The van der Waals surface area contributed by atoms with Crippen LogP contribution in [0.5, 0.6) is 0 Å². The molecule has 0 aliphatic carbocycles. The third kappa shape index (κ3) is 3.23. The molecule has 1 aromatic rings. The van der Waals surface area contributed by atoms with Crippen LogP contribution in [0.25, 0.3) is 0 Å². The number of rotatable bonds is 3. The zero-order valence-electron chi connectivity index (χ0n) is 9.87. The maximum atomic E-state index is 13.0. The van der Waals surface area contributed by atoms with E-state index in [0.29, 0.717) is 12.1 Å². The highest BCUT2D eigenvalue weighted by molar-refractivity contribution is 5.17. The van der Waals surface area contributed by atoms with Crippen molar-refractivity contribution in [2.45, 2.75) is 26.0 Å². The monoisotopic (exact) mass is 241 g/mol. The van der Waals surface area contributed by atoms with Crippen molar-refractivity contribution in [3.05, 3.63) is 35.4 Å². The van der Waals surface area contributed by atoms with Gasteiger partial charge in [-0.1, -0.05) is 0 Å². The molecule has 1 heterocycles. The lowest BCUT2D eigenvalue weighted by Crippen LogP contribution is -2.24. The summed E-state index contributed by atoms with van der Waals surface area (Å²) in [6.07, 6.45) is 0.624. The molecule has 1 fully saturated rings. The number of nitrogens with zero attached hydrogens (tertiary/aromatic N) is 1. The van der Waals surface area contributed by atoms with Crippen LogP contribution in [0.3, 0.4) is 0 Å². The van der Waals surface area contributed by atoms with Gasteiger partial charge >= 0.3 is 0 Å². The van der Waals surface area contributed by atoms with Crippen molar-refractivity contribution in [1.82, 2.24) is 4.90 Å². The standard InChI is InChI=1S/C13H17F2NO/c1-9(17)11-2-3-16(8-11)7-10-4-12(14)6-13(15)5-10/h4-6,9,11,17H,2-3,7-8H2,1H3. The molecule has 1 aromatic carbocycles. The van der Waals surface area contributed by atoms with Gasteiger partial charge < -0.3 is 5.11 Å². The molecule has 2 nitrogen and oxygen atoms in total. The van der Waals surface area contributed by atoms with Gasteiger partial charge in [0.05, 0.1) is 6.10 Å². The Morgan fingerprint density at radius 2 is 2.00 bits per heavy atom. The predicted molar refractivity (Wildman–Crippen MR) is 61.4 cm³/mol. The van der Waals surface area contributed by atoms with Crippen LogP contribution in [0.1, 0.15) is 18.9 Å². The first-order valence-corrected chi connectivity index (χ1v) is 5.90. The molecule has 0 radical (unpaired) electrons. The topological polar surface area (TPSA) is 23.5 Å². The molecule has 17 heavy (non-hydrogen) atoms.